The number of nitrogens with one attached hydrogen (secondary N) is 1. The maximum atomic E-state index is 13.4. The first-order valence-corrected chi connectivity index (χ1v) is 4.05. The Bertz CT molecular complexity index is 474. The van der Waals surface area contributed by atoms with E-state index in [0.29, 0.717) is 0 Å². The minimum Gasteiger partial charge on any atom is -0.420 e. The summed E-state index contributed by atoms with van der Waals surface area (Å²) in [5.74, 6) is -7.20. The Morgan fingerprint density at radius 3 is 2.38 bits per heavy atom. The normalized spacial score (nSPS) is 10.0. The number of carbonyl (C=O) groups is 1. The summed E-state index contributed by atoms with van der Waals surface area (Å²) in [7, 11) is 0. The number of amidine groups is 1. The summed E-state index contributed by atoms with van der Waals surface area (Å²) in [5.41, 5.74) is 3.97. The smallest absolute Gasteiger partial charge is 0.308 e. The third-order valence-electron chi connectivity index (χ3n) is 1.64. The molecule has 0 saturated heterocycles. The van der Waals surface area contributed by atoms with Gasteiger partial charge in [0, 0.05) is 13.0 Å². The van der Waals surface area contributed by atoms with E-state index in [1.165, 1.54) is 0 Å². The molecule has 0 aliphatic carbocycles. The molecule has 4 nitrogen and oxygen atoms in total. The van der Waals surface area contributed by atoms with Crippen LogP contribution in [0.1, 0.15) is 12.5 Å². The van der Waals surface area contributed by atoms with Crippen LogP contribution in [0, 0.1) is 22.9 Å². The Hall–Kier alpha value is -2.05. The summed E-state index contributed by atoms with van der Waals surface area (Å²) in [6, 6.07) is 0.290. The van der Waals surface area contributed by atoms with Gasteiger partial charge in [-0.15, -0.1) is 0 Å². The molecule has 0 saturated carbocycles. The number of nitrogen functional groups attached to an aromatic ring is 1. The molecule has 0 heterocycles. The molecule has 0 atom stereocenters. The van der Waals surface area contributed by atoms with E-state index in [0.717, 1.165) is 6.92 Å². The highest BCUT2D eigenvalue weighted by atomic mass is 19.1. The molecule has 86 valence electrons. The third kappa shape index (κ3) is 2.13. The number of rotatable bonds is 2. The van der Waals surface area contributed by atoms with E-state index in [-0.39, 0.29) is 6.07 Å². The molecule has 3 N–H and O–H groups in total. The minimum atomic E-state index is -1.51. The predicted molar refractivity (Wildman–Crippen MR) is 48.6 cm³/mol. The van der Waals surface area contributed by atoms with Gasteiger partial charge in [0.05, 0.1) is 5.56 Å². The minimum absolute atomic E-state index is 0.290. The topological polar surface area (TPSA) is 76.2 Å². The van der Waals surface area contributed by atoms with Crippen LogP contribution in [0.2, 0.25) is 0 Å². The van der Waals surface area contributed by atoms with Gasteiger partial charge in [0.15, 0.2) is 11.6 Å². The molecule has 0 fully saturated rings. The summed E-state index contributed by atoms with van der Waals surface area (Å²) in [6.07, 6.45) is 0. The number of hydrogen-bond donors (Lipinski definition) is 2. The highest BCUT2D eigenvalue weighted by Gasteiger charge is 2.22. The highest BCUT2D eigenvalue weighted by Crippen LogP contribution is 2.26. The van der Waals surface area contributed by atoms with Gasteiger partial charge in [-0.25, -0.2) is 13.2 Å². The van der Waals surface area contributed by atoms with E-state index in [2.05, 4.69) is 4.74 Å². The van der Waals surface area contributed by atoms with E-state index in [4.69, 9.17) is 11.1 Å². The second-order valence-corrected chi connectivity index (χ2v) is 2.87. The van der Waals surface area contributed by atoms with Crippen LogP contribution < -0.4 is 10.5 Å². The molecule has 0 aliphatic heterocycles. The van der Waals surface area contributed by atoms with Gasteiger partial charge in [-0.2, -0.15) is 0 Å². The Morgan fingerprint density at radius 1 is 1.38 bits per heavy atom. The molecule has 0 aliphatic rings. The molecule has 1 aromatic carbocycles. The standard InChI is InChI=1S/C9H7F3N2O2/c1-3(15)16-8-5(11)2-4(10)6(7(8)12)9(13)14/h2H,1H3,(H3,13,14). The zero-order valence-corrected chi connectivity index (χ0v) is 8.11. The van der Waals surface area contributed by atoms with Crippen LogP contribution in [0.4, 0.5) is 13.2 Å². The number of ether oxygens (including phenoxy) is 1. The number of nitrogens with two attached hydrogens (primary N) is 1. The summed E-state index contributed by atoms with van der Waals surface area (Å²) in [4.78, 5) is 10.5. The number of benzene rings is 1. The zero-order valence-electron chi connectivity index (χ0n) is 8.11. The number of halogens is 3. The fourth-order valence-electron chi connectivity index (χ4n) is 1.06. The van der Waals surface area contributed by atoms with E-state index in [1.807, 2.05) is 0 Å². The Labute approximate surface area is 88.3 Å². The second kappa shape index (κ2) is 4.21. The van der Waals surface area contributed by atoms with Crippen molar-refractivity contribution in [3.63, 3.8) is 0 Å². The van der Waals surface area contributed by atoms with Crippen molar-refractivity contribution >= 4 is 11.8 Å². The largest absolute Gasteiger partial charge is 0.420 e. The van der Waals surface area contributed by atoms with Crippen molar-refractivity contribution in [3.8, 4) is 5.75 Å². The lowest BCUT2D eigenvalue weighted by Crippen LogP contribution is -2.18. The molecule has 0 spiro atoms. The van der Waals surface area contributed by atoms with Gasteiger partial charge in [-0.3, -0.25) is 10.2 Å². The Kier molecular flexibility index (Phi) is 3.17. The van der Waals surface area contributed by atoms with Crippen LogP contribution in [0.15, 0.2) is 6.07 Å². The summed E-state index contributed by atoms with van der Waals surface area (Å²) < 4.78 is 43.7. The monoisotopic (exact) mass is 232 g/mol. The van der Waals surface area contributed by atoms with Crippen molar-refractivity contribution in [3.05, 3.63) is 29.1 Å². The van der Waals surface area contributed by atoms with Crippen molar-refractivity contribution in [1.29, 1.82) is 5.41 Å². The van der Waals surface area contributed by atoms with Gasteiger partial charge in [0.1, 0.15) is 11.7 Å². The van der Waals surface area contributed by atoms with Crippen molar-refractivity contribution < 1.29 is 22.7 Å². The van der Waals surface area contributed by atoms with E-state index in [1.54, 1.807) is 0 Å². The fourth-order valence-corrected chi connectivity index (χ4v) is 1.06. The zero-order chi connectivity index (χ0) is 12.5. The van der Waals surface area contributed by atoms with E-state index < -0.39 is 40.6 Å². The van der Waals surface area contributed by atoms with Gasteiger partial charge in [-0.05, 0) is 0 Å². The van der Waals surface area contributed by atoms with E-state index in [9.17, 15) is 18.0 Å². The van der Waals surface area contributed by atoms with Gasteiger partial charge in [0.25, 0.3) is 0 Å². The fraction of sp³-hybridized carbons (Fsp3) is 0.111. The molecule has 0 bridgehead atoms. The summed E-state index contributed by atoms with van der Waals surface area (Å²) in [6.45, 7) is 0.926. The van der Waals surface area contributed by atoms with Crippen LogP contribution in [0.25, 0.3) is 0 Å². The molecule has 1 aromatic rings. The highest BCUT2D eigenvalue weighted by molar-refractivity contribution is 5.96. The van der Waals surface area contributed by atoms with Crippen LogP contribution in [-0.2, 0) is 4.79 Å². The molecule has 0 radical (unpaired) electrons. The van der Waals surface area contributed by atoms with E-state index >= 15 is 0 Å². The van der Waals surface area contributed by atoms with Gasteiger partial charge in [0.2, 0.25) is 5.75 Å². The predicted octanol–water partition coefficient (Wildman–Crippen LogP) is 1.31. The first-order chi connectivity index (χ1) is 7.34. The molecule has 0 aromatic heterocycles. The number of esters is 1. The second-order valence-electron chi connectivity index (χ2n) is 2.87. The van der Waals surface area contributed by atoms with Crippen LogP contribution >= 0.6 is 0 Å². The SMILES string of the molecule is CC(=O)Oc1c(F)cc(F)c(C(=N)N)c1F. The molecule has 0 amide bonds. The van der Waals surface area contributed by atoms with Crippen molar-refractivity contribution in [2.75, 3.05) is 0 Å². The Balaban J connectivity index is 3.44. The molecule has 0 unspecified atom stereocenters. The average molecular weight is 232 g/mol. The first kappa shape index (κ1) is 12.0. The quantitative estimate of drug-likeness (QED) is 0.349. The Morgan fingerprint density at radius 2 is 1.94 bits per heavy atom. The molecule has 1 rings (SSSR count). The van der Waals surface area contributed by atoms with Crippen LogP contribution in [0.3, 0.4) is 0 Å². The first-order valence-electron chi connectivity index (χ1n) is 4.05. The molecule has 7 heteroatoms. The summed E-state index contributed by atoms with van der Waals surface area (Å²) in [5, 5.41) is 6.90. The molecular formula is C9H7F3N2O2. The lowest BCUT2D eigenvalue weighted by Gasteiger charge is -2.08. The molecule has 16 heavy (non-hydrogen) atoms. The van der Waals surface area contributed by atoms with Gasteiger partial charge < -0.3 is 10.5 Å². The summed E-state index contributed by atoms with van der Waals surface area (Å²) >= 11 is 0. The van der Waals surface area contributed by atoms with Gasteiger partial charge in [-0.1, -0.05) is 0 Å². The maximum Gasteiger partial charge on any atom is 0.308 e. The molecular weight excluding hydrogens is 225 g/mol. The van der Waals surface area contributed by atoms with Crippen molar-refractivity contribution in [2.24, 2.45) is 5.73 Å². The lowest BCUT2D eigenvalue weighted by atomic mass is 10.1. The van der Waals surface area contributed by atoms with Crippen LogP contribution in [0.5, 0.6) is 5.75 Å². The van der Waals surface area contributed by atoms with Crippen molar-refractivity contribution in [1.82, 2.24) is 0 Å². The number of carbonyl (C=O) groups excluding carboxylic acids is 1. The third-order valence-corrected chi connectivity index (χ3v) is 1.64. The van der Waals surface area contributed by atoms with Crippen molar-refractivity contribution in [2.45, 2.75) is 6.92 Å². The lowest BCUT2D eigenvalue weighted by molar-refractivity contribution is -0.132. The van der Waals surface area contributed by atoms with Gasteiger partial charge >= 0.3 is 5.97 Å². The van der Waals surface area contributed by atoms with Crippen LogP contribution in [-0.4, -0.2) is 11.8 Å². The number of hydrogen-bond acceptors (Lipinski definition) is 3. The maximum absolute atomic E-state index is 13.4. The average Bonchev–Trinajstić information content (AvgIpc) is 2.10.